The molecule has 1 amide bonds. The van der Waals surface area contributed by atoms with Crippen LogP contribution >= 0.6 is 0 Å². The summed E-state index contributed by atoms with van der Waals surface area (Å²) >= 11 is 0. The largest absolute Gasteiger partial charge is 0.392 e. The van der Waals surface area contributed by atoms with Gasteiger partial charge >= 0.3 is 0 Å². The van der Waals surface area contributed by atoms with Crippen molar-refractivity contribution in [2.24, 2.45) is 11.7 Å². The fourth-order valence-electron chi connectivity index (χ4n) is 5.11. The minimum atomic E-state index is -0.856. The normalized spacial score (nSPS) is 20.0. The maximum Gasteiger partial charge on any atom is 0.274 e. The number of aliphatic hydroxyl groups is 1. The van der Waals surface area contributed by atoms with Gasteiger partial charge in [-0.1, -0.05) is 6.92 Å². The fraction of sp³-hybridized carbons (Fsp3) is 0.308. The molecule has 3 heterocycles. The predicted octanol–water partition coefficient (Wildman–Crippen LogP) is 4.05. The number of hydrogen-bond donors (Lipinski definition) is 3. The first-order valence-electron chi connectivity index (χ1n) is 11.8. The number of carbonyl (C=O) groups excluding carboxylic acids is 1. The van der Waals surface area contributed by atoms with Gasteiger partial charge in [-0.05, 0) is 66.5 Å². The predicted molar refractivity (Wildman–Crippen MR) is 130 cm³/mol. The molecular formula is C26H26F2N6O2. The first-order valence-corrected chi connectivity index (χ1v) is 11.8. The number of anilines is 1. The number of hydrogen-bond acceptors (Lipinski definition) is 6. The molecule has 8 nitrogen and oxygen atoms in total. The van der Waals surface area contributed by atoms with Crippen LogP contribution in [0.25, 0.3) is 16.8 Å². The van der Waals surface area contributed by atoms with Gasteiger partial charge in [0.1, 0.15) is 17.3 Å². The molecule has 5 rings (SSSR count). The van der Waals surface area contributed by atoms with Crippen LogP contribution in [0.1, 0.15) is 53.7 Å². The number of nitrogens with one attached hydrogen (secondary N) is 1. The van der Waals surface area contributed by atoms with Gasteiger partial charge in [-0.3, -0.25) is 9.78 Å². The lowest BCUT2D eigenvalue weighted by Crippen LogP contribution is -2.31. The monoisotopic (exact) mass is 492 g/mol. The zero-order valence-corrected chi connectivity index (χ0v) is 19.7. The number of benzene rings is 1. The smallest absolute Gasteiger partial charge is 0.274 e. The van der Waals surface area contributed by atoms with Crippen LogP contribution in [0, 0.1) is 17.6 Å². The van der Waals surface area contributed by atoms with Crippen LogP contribution in [0.3, 0.4) is 0 Å². The van der Waals surface area contributed by atoms with Crippen molar-refractivity contribution in [1.82, 2.24) is 19.6 Å². The van der Waals surface area contributed by atoms with Crippen LogP contribution in [0.15, 0.2) is 49.1 Å². The Hall–Kier alpha value is -3.76. The van der Waals surface area contributed by atoms with Crippen LogP contribution < -0.4 is 11.1 Å². The Morgan fingerprint density at radius 2 is 1.97 bits per heavy atom. The highest BCUT2D eigenvalue weighted by atomic mass is 19.1. The van der Waals surface area contributed by atoms with Gasteiger partial charge in [0.15, 0.2) is 5.65 Å². The van der Waals surface area contributed by atoms with Gasteiger partial charge in [-0.2, -0.15) is 5.10 Å². The molecular weight excluding hydrogens is 466 g/mol. The lowest BCUT2D eigenvalue weighted by Gasteiger charge is -2.32. The SMILES string of the molecule is C[C@@H]1C[C@H](N)C[C@H](c2ccncc2NC(=O)c2ccn3ncc(-c4c(F)cc(CO)cc4F)c3n2)C1. The molecule has 0 radical (unpaired) electrons. The van der Waals surface area contributed by atoms with E-state index in [1.165, 1.54) is 23.0 Å². The number of nitrogens with zero attached hydrogens (tertiary/aromatic N) is 4. The second kappa shape index (κ2) is 9.71. The lowest BCUT2D eigenvalue weighted by atomic mass is 9.76. The molecule has 1 aliphatic rings. The number of pyridine rings is 1. The van der Waals surface area contributed by atoms with Gasteiger partial charge in [0.25, 0.3) is 5.91 Å². The summed E-state index contributed by atoms with van der Waals surface area (Å²) in [7, 11) is 0. The quantitative estimate of drug-likeness (QED) is 0.387. The van der Waals surface area contributed by atoms with Crippen LogP contribution in [0.2, 0.25) is 0 Å². The first-order chi connectivity index (χ1) is 17.3. The van der Waals surface area contributed by atoms with E-state index >= 15 is 0 Å². The number of aliphatic hydroxyl groups excluding tert-OH is 1. The second-order valence-corrected chi connectivity index (χ2v) is 9.42. The van der Waals surface area contributed by atoms with E-state index in [-0.39, 0.29) is 40.0 Å². The summed E-state index contributed by atoms with van der Waals surface area (Å²) in [5.41, 5.74) is 7.86. The van der Waals surface area contributed by atoms with E-state index in [0.29, 0.717) is 11.6 Å². The van der Waals surface area contributed by atoms with E-state index in [1.807, 2.05) is 6.07 Å². The Labute approximate surface area is 206 Å². The molecule has 0 aliphatic heterocycles. The molecule has 186 valence electrons. The third-order valence-electron chi connectivity index (χ3n) is 6.68. The highest BCUT2D eigenvalue weighted by molar-refractivity contribution is 6.03. The molecule has 0 spiro atoms. The topological polar surface area (TPSA) is 118 Å². The molecule has 1 aromatic carbocycles. The van der Waals surface area contributed by atoms with Crippen molar-refractivity contribution in [3.63, 3.8) is 0 Å². The number of rotatable bonds is 5. The molecule has 3 atom stereocenters. The minimum absolute atomic E-state index is 0.0561. The number of fused-ring (bicyclic) bond motifs is 1. The van der Waals surface area contributed by atoms with Gasteiger partial charge in [-0.15, -0.1) is 0 Å². The summed E-state index contributed by atoms with van der Waals surface area (Å²) in [5, 5.41) is 16.2. The van der Waals surface area contributed by atoms with Gasteiger partial charge in [0, 0.05) is 18.4 Å². The van der Waals surface area contributed by atoms with Crippen LogP contribution in [-0.4, -0.2) is 36.6 Å². The van der Waals surface area contributed by atoms with Crippen molar-refractivity contribution in [3.8, 4) is 11.1 Å². The van der Waals surface area contributed by atoms with Crippen LogP contribution in [0.4, 0.5) is 14.5 Å². The van der Waals surface area contributed by atoms with Crippen molar-refractivity contribution in [2.45, 2.75) is 44.8 Å². The maximum absolute atomic E-state index is 14.7. The second-order valence-electron chi connectivity index (χ2n) is 9.42. The zero-order valence-electron chi connectivity index (χ0n) is 19.7. The lowest BCUT2D eigenvalue weighted by molar-refractivity contribution is 0.102. The number of amides is 1. The number of carbonyl (C=O) groups is 1. The standard InChI is InChI=1S/C26H26F2N6O2/c1-14-6-16(10-17(29)7-14)18-2-4-30-12-23(18)33-26(36)22-3-5-34-25(32-22)19(11-31-34)24-20(27)8-15(13-35)9-21(24)28/h2-5,8-9,11-12,14,16-17,35H,6-7,10,13,29H2,1H3,(H,33,36)/t14-,16+,17-/m0/s1. The number of halogens is 2. The molecule has 0 unspecified atom stereocenters. The Morgan fingerprint density at radius 3 is 2.69 bits per heavy atom. The summed E-state index contributed by atoms with van der Waals surface area (Å²) in [4.78, 5) is 21.7. The molecule has 0 saturated heterocycles. The van der Waals surface area contributed by atoms with Crippen LogP contribution in [-0.2, 0) is 6.61 Å². The summed E-state index contributed by atoms with van der Waals surface area (Å²) in [6, 6.07) is 5.60. The van der Waals surface area contributed by atoms with E-state index in [2.05, 4.69) is 27.3 Å². The molecule has 1 aliphatic carbocycles. The summed E-state index contributed by atoms with van der Waals surface area (Å²) in [6.07, 6.45) is 8.87. The fourth-order valence-corrected chi connectivity index (χ4v) is 5.11. The van der Waals surface area contributed by atoms with Crippen molar-refractivity contribution in [3.05, 3.63) is 77.5 Å². The third kappa shape index (κ3) is 4.57. The van der Waals surface area contributed by atoms with Gasteiger partial charge in [-0.25, -0.2) is 18.3 Å². The average molecular weight is 493 g/mol. The molecule has 0 bridgehead atoms. The van der Waals surface area contributed by atoms with E-state index < -0.39 is 24.1 Å². The third-order valence-corrected chi connectivity index (χ3v) is 6.68. The highest BCUT2D eigenvalue weighted by Crippen LogP contribution is 2.38. The molecule has 1 fully saturated rings. The Bertz CT molecular complexity index is 1410. The van der Waals surface area contributed by atoms with Crippen molar-refractivity contribution < 1.29 is 18.7 Å². The van der Waals surface area contributed by atoms with E-state index in [9.17, 15) is 18.7 Å². The van der Waals surface area contributed by atoms with E-state index in [4.69, 9.17) is 5.73 Å². The molecule has 3 aromatic heterocycles. The molecule has 4 aromatic rings. The number of nitrogens with two attached hydrogens (primary N) is 1. The molecule has 1 saturated carbocycles. The molecule has 4 N–H and O–H groups in total. The minimum Gasteiger partial charge on any atom is -0.392 e. The van der Waals surface area contributed by atoms with Crippen molar-refractivity contribution >= 4 is 17.2 Å². The van der Waals surface area contributed by atoms with Gasteiger partial charge in [0.05, 0.1) is 35.8 Å². The molecule has 10 heteroatoms. The average Bonchev–Trinajstić information content (AvgIpc) is 3.26. The number of aromatic nitrogens is 4. The van der Waals surface area contributed by atoms with Gasteiger partial charge < -0.3 is 16.2 Å². The van der Waals surface area contributed by atoms with E-state index in [0.717, 1.165) is 37.0 Å². The van der Waals surface area contributed by atoms with Gasteiger partial charge in [0.2, 0.25) is 0 Å². The maximum atomic E-state index is 14.7. The Kier molecular flexibility index (Phi) is 6.46. The Morgan fingerprint density at radius 1 is 1.19 bits per heavy atom. The summed E-state index contributed by atoms with van der Waals surface area (Å²) in [5.74, 6) is -1.52. The van der Waals surface area contributed by atoms with Crippen molar-refractivity contribution in [2.75, 3.05) is 5.32 Å². The van der Waals surface area contributed by atoms with Crippen molar-refractivity contribution in [1.29, 1.82) is 0 Å². The van der Waals surface area contributed by atoms with E-state index in [1.54, 1.807) is 12.4 Å². The first kappa shape index (κ1) is 24.0. The van der Waals surface area contributed by atoms with Crippen LogP contribution in [0.5, 0.6) is 0 Å². The summed E-state index contributed by atoms with van der Waals surface area (Å²) < 4.78 is 30.7. The zero-order chi connectivity index (χ0) is 25.4. The molecule has 36 heavy (non-hydrogen) atoms. The Balaban J connectivity index is 1.47. The highest BCUT2D eigenvalue weighted by Gasteiger charge is 2.28. The summed E-state index contributed by atoms with van der Waals surface area (Å²) in [6.45, 7) is 1.68.